The van der Waals surface area contributed by atoms with Crippen LogP contribution in [0.4, 0.5) is 4.39 Å². The van der Waals surface area contributed by atoms with Crippen LogP contribution in [0.2, 0.25) is 0 Å². The number of methoxy groups -OCH3 is 1. The second kappa shape index (κ2) is 6.93. The standard InChI is InChI=1S/C19H18FNO4/c1-25-15-7-2-12(3-8-15)13-4-9-16(17(20)10-13)19(24)21(11-18(22)23)14-5-6-14/h2-4,7-10,14H,5-6,11H2,1H3,(H,22,23). The second-order valence-corrected chi connectivity index (χ2v) is 5.98. The predicted molar refractivity (Wildman–Crippen MR) is 90.1 cm³/mol. The van der Waals surface area contributed by atoms with Crippen molar-refractivity contribution < 1.29 is 23.8 Å². The molecule has 6 heteroatoms. The average molecular weight is 343 g/mol. The number of carbonyl (C=O) groups excluding carboxylic acids is 1. The molecular formula is C19H18FNO4. The van der Waals surface area contributed by atoms with Gasteiger partial charge in [0.2, 0.25) is 0 Å². The van der Waals surface area contributed by atoms with E-state index in [-0.39, 0.29) is 11.6 Å². The Labute approximate surface area is 144 Å². The van der Waals surface area contributed by atoms with Crippen molar-refractivity contribution in [1.29, 1.82) is 0 Å². The van der Waals surface area contributed by atoms with Crippen LogP contribution in [-0.2, 0) is 4.79 Å². The molecule has 0 heterocycles. The number of aliphatic carboxylic acids is 1. The molecule has 0 radical (unpaired) electrons. The van der Waals surface area contributed by atoms with Crippen LogP contribution >= 0.6 is 0 Å². The zero-order valence-corrected chi connectivity index (χ0v) is 13.7. The Kier molecular flexibility index (Phi) is 4.70. The van der Waals surface area contributed by atoms with Crippen molar-refractivity contribution in [2.24, 2.45) is 0 Å². The maximum absolute atomic E-state index is 14.5. The highest BCUT2D eigenvalue weighted by molar-refractivity contribution is 5.97. The van der Waals surface area contributed by atoms with Gasteiger partial charge in [0.25, 0.3) is 5.91 Å². The molecule has 0 spiro atoms. The summed E-state index contributed by atoms with van der Waals surface area (Å²) in [7, 11) is 1.57. The molecule has 0 atom stereocenters. The average Bonchev–Trinajstić information content (AvgIpc) is 3.44. The SMILES string of the molecule is COc1ccc(-c2ccc(C(=O)N(CC(=O)O)C3CC3)c(F)c2)cc1. The van der Waals surface area contributed by atoms with E-state index >= 15 is 0 Å². The summed E-state index contributed by atoms with van der Waals surface area (Å²) >= 11 is 0. The van der Waals surface area contributed by atoms with Crippen LogP contribution in [0.1, 0.15) is 23.2 Å². The summed E-state index contributed by atoms with van der Waals surface area (Å²) < 4.78 is 19.6. The number of carboxylic acids is 1. The number of nitrogens with zero attached hydrogens (tertiary/aromatic N) is 1. The Hall–Kier alpha value is -2.89. The Bertz CT molecular complexity index is 800. The highest BCUT2D eigenvalue weighted by atomic mass is 19.1. The van der Waals surface area contributed by atoms with Crippen molar-refractivity contribution in [3.05, 3.63) is 53.8 Å². The van der Waals surface area contributed by atoms with Gasteiger partial charge in [0.1, 0.15) is 18.1 Å². The van der Waals surface area contributed by atoms with Gasteiger partial charge in [-0.1, -0.05) is 18.2 Å². The van der Waals surface area contributed by atoms with Gasteiger partial charge in [-0.15, -0.1) is 0 Å². The van der Waals surface area contributed by atoms with Crippen molar-refractivity contribution in [3.8, 4) is 16.9 Å². The van der Waals surface area contributed by atoms with Crippen LogP contribution < -0.4 is 4.74 Å². The molecule has 2 aromatic rings. The summed E-state index contributed by atoms with van der Waals surface area (Å²) in [5.41, 5.74) is 1.32. The van der Waals surface area contributed by atoms with Crippen LogP contribution in [0.15, 0.2) is 42.5 Å². The van der Waals surface area contributed by atoms with Gasteiger partial charge in [0, 0.05) is 6.04 Å². The molecule has 0 bridgehead atoms. The Balaban J connectivity index is 1.85. The number of ether oxygens (including phenoxy) is 1. The number of amides is 1. The van der Waals surface area contributed by atoms with Gasteiger partial charge >= 0.3 is 5.97 Å². The van der Waals surface area contributed by atoms with Crippen LogP contribution in [-0.4, -0.2) is 41.6 Å². The van der Waals surface area contributed by atoms with Crippen LogP contribution in [0.3, 0.4) is 0 Å². The number of hydrogen-bond acceptors (Lipinski definition) is 3. The van der Waals surface area contributed by atoms with Crippen molar-refractivity contribution in [2.45, 2.75) is 18.9 Å². The van der Waals surface area contributed by atoms with Gasteiger partial charge in [-0.3, -0.25) is 9.59 Å². The number of hydrogen-bond donors (Lipinski definition) is 1. The molecule has 1 N–H and O–H groups in total. The largest absolute Gasteiger partial charge is 0.497 e. The molecule has 1 saturated carbocycles. The van der Waals surface area contributed by atoms with E-state index in [2.05, 4.69) is 0 Å². The zero-order chi connectivity index (χ0) is 18.0. The fourth-order valence-electron chi connectivity index (χ4n) is 2.70. The molecule has 1 amide bonds. The van der Waals surface area contributed by atoms with Crippen molar-refractivity contribution in [1.82, 2.24) is 4.90 Å². The van der Waals surface area contributed by atoms with Gasteiger partial charge < -0.3 is 14.7 Å². The minimum atomic E-state index is -1.10. The van der Waals surface area contributed by atoms with E-state index in [1.165, 1.54) is 17.0 Å². The summed E-state index contributed by atoms with van der Waals surface area (Å²) in [6.07, 6.45) is 1.51. The summed E-state index contributed by atoms with van der Waals surface area (Å²) in [4.78, 5) is 24.7. The number of rotatable bonds is 6. The molecule has 25 heavy (non-hydrogen) atoms. The van der Waals surface area contributed by atoms with E-state index in [9.17, 15) is 14.0 Å². The topological polar surface area (TPSA) is 66.8 Å². The first-order chi connectivity index (χ1) is 12.0. The molecule has 0 saturated heterocycles. The fraction of sp³-hybridized carbons (Fsp3) is 0.263. The summed E-state index contributed by atoms with van der Waals surface area (Å²) in [5.74, 6) is -1.64. The highest BCUT2D eigenvalue weighted by Crippen LogP contribution is 2.30. The van der Waals surface area contributed by atoms with Gasteiger partial charge in [-0.05, 0) is 48.2 Å². The van der Waals surface area contributed by atoms with Crippen LogP contribution in [0, 0.1) is 5.82 Å². The molecule has 130 valence electrons. The first kappa shape index (κ1) is 17.0. The zero-order valence-electron chi connectivity index (χ0n) is 13.7. The quantitative estimate of drug-likeness (QED) is 0.875. The smallest absolute Gasteiger partial charge is 0.323 e. The van der Waals surface area contributed by atoms with Crippen molar-refractivity contribution in [3.63, 3.8) is 0 Å². The molecular weight excluding hydrogens is 325 g/mol. The van der Waals surface area contributed by atoms with Gasteiger partial charge in [-0.2, -0.15) is 0 Å². The maximum Gasteiger partial charge on any atom is 0.323 e. The third-order valence-electron chi connectivity index (χ3n) is 4.18. The summed E-state index contributed by atoms with van der Waals surface area (Å²) in [5, 5.41) is 8.96. The molecule has 1 aliphatic carbocycles. The van der Waals surface area contributed by atoms with Crippen LogP contribution in [0.25, 0.3) is 11.1 Å². The molecule has 1 aliphatic rings. The normalized spacial score (nSPS) is 13.4. The monoisotopic (exact) mass is 343 g/mol. The third-order valence-corrected chi connectivity index (χ3v) is 4.18. The van der Waals surface area contributed by atoms with Crippen molar-refractivity contribution in [2.75, 3.05) is 13.7 Å². The van der Waals surface area contributed by atoms with E-state index in [4.69, 9.17) is 9.84 Å². The highest BCUT2D eigenvalue weighted by Gasteiger charge is 2.35. The number of carbonyl (C=O) groups is 2. The van der Waals surface area contributed by atoms with Gasteiger partial charge in [-0.25, -0.2) is 4.39 Å². The number of halogens is 1. The van der Waals surface area contributed by atoms with Gasteiger partial charge in [0.15, 0.2) is 0 Å². The third kappa shape index (κ3) is 3.79. The lowest BCUT2D eigenvalue weighted by molar-refractivity contribution is -0.137. The lowest BCUT2D eigenvalue weighted by Crippen LogP contribution is -2.37. The van der Waals surface area contributed by atoms with E-state index in [1.54, 1.807) is 37.4 Å². The first-order valence-electron chi connectivity index (χ1n) is 7.96. The van der Waals surface area contributed by atoms with Gasteiger partial charge in [0.05, 0.1) is 12.7 Å². The minimum absolute atomic E-state index is 0.106. The maximum atomic E-state index is 14.5. The minimum Gasteiger partial charge on any atom is -0.497 e. The van der Waals surface area contributed by atoms with E-state index in [0.717, 1.165) is 18.4 Å². The fourth-order valence-corrected chi connectivity index (χ4v) is 2.70. The van der Waals surface area contributed by atoms with Crippen molar-refractivity contribution >= 4 is 11.9 Å². The Morgan fingerprint density at radius 2 is 1.80 bits per heavy atom. The Morgan fingerprint density at radius 3 is 2.32 bits per heavy atom. The second-order valence-electron chi connectivity index (χ2n) is 5.98. The molecule has 0 aromatic heterocycles. The number of carboxylic acid groups (broad SMARTS) is 1. The summed E-state index contributed by atoms with van der Waals surface area (Å²) in [6.45, 7) is -0.414. The molecule has 1 fully saturated rings. The lowest BCUT2D eigenvalue weighted by atomic mass is 10.0. The molecule has 0 unspecified atom stereocenters. The predicted octanol–water partition coefficient (Wildman–Crippen LogP) is 3.19. The van der Waals surface area contributed by atoms with E-state index < -0.39 is 24.2 Å². The molecule has 0 aliphatic heterocycles. The Morgan fingerprint density at radius 1 is 1.16 bits per heavy atom. The first-order valence-corrected chi connectivity index (χ1v) is 7.96. The van der Waals surface area contributed by atoms with Crippen LogP contribution in [0.5, 0.6) is 5.75 Å². The molecule has 5 nitrogen and oxygen atoms in total. The van der Waals surface area contributed by atoms with E-state index in [1.807, 2.05) is 0 Å². The lowest BCUT2D eigenvalue weighted by Gasteiger charge is -2.20. The molecule has 3 rings (SSSR count). The number of benzene rings is 2. The molecule has 2 aromatic carbocycles. The summed E-state index contributed by atoms with van der Waals surface area (Å²) in [6, 6.07) is 11.4. The van der Waals surface area contributed by atoms with E-state index in [0.29, 0.717) is 11.3 Å².